The summed E-state index contributed by atoms with van der Waals surface area (Å²) >= 11 is 4.77. The van der Waals surface area contributed by atoms with E-state index in [4.69, 9.17) is 22.7 Å². The van der Waals surface area contributed by atoms with Gasteiger partial charge in [-0.05, 0) is 25.0 Å². The molecule has 8 heteroatoms. The van der Waals surface area contributed by atoms with Crippen LogP contribution in [0.25, 0.3) is 0 Å². The van der Waals surface area contributed by atoms with E-state index in [2.05, 4.69) is 4.72 Å². The fourth-order valence-corrected chi connectivity index (χ4v) is 3.75. The largest absolute Gasteiger partial charge is 0.389 e. The Hall–Kier alpha value is -1.25. The molecule has 0 aliphatic carbocycles. The van der Waals surface area contributed by atoms with Crippen LogP contribution in [0.4, 0.5) is 10.1 Å². The van der Waals surface area contributed by atoms with Crippen molar-refractivity contribution < 1.29 is 17.5 Å². The van der Waals surface area contributed by atoms with Crippen LogP contribution in [0.15, 0.2) is 18.2 Å². The minimum atomic E-state index is -3.62. The number of anilines is 1. The molecule has 1 aromatic carbocycles. The van der Waals surface area contributed by atoms with Crippen LogP contribution in [-0.4, -0.2) is 31.9 Å². The average molecular weight is 318 g/mol. The molecule has 1 aliphatic heterocycles. The third-order valence-corrected chi connectivity index (χ3v) is 5.18. The topological polar surface area (TPSA) is 81.4 Å². The molecule has 0 spiro atoms. The Morgan fingerprint density at radius 1 is 1.40 bits per heavy atom. The first-order chi connectivity index (χ1) is 9.42. The van der Waals surface area contributed by atoms with Crippen molar-refractivity contribution in [2.45, 2.75) is 18.1 Å². The molecule has 0 radical (unpaired) electrons. The van der Waals surface area contributed by atoms with E-state index in [-0.39, 0.29) is 16.2 Å². The number of hydrogen-bond acceptors (Lipinski definition) is 4. The second-order valence-electron chi connectivity index (χ2n) is 4.49. The summed E-state index contributed by atoms with van der Waals surface area (Å²) in [5, 5.41) is -0.557. The van der Waals surface area contributed by atoms with Gasteiger partial charge in [0, 0.05) is 13.2 Å². The number of sulfonamides is 1. The number of nitrogens with one attached hydrogen (secondary N) is 1. The Kier molecular flexibility index (Phi) is 4.56. The minimum Gasteiger partial charge on any atom is -0.389 e. The molecule has 2 rings (SSSR count). The van der Waals surface area contributed by atoms with Gasteiger partial charge in [-0.2, -0.15) is 0 Å². The summed E-state index contributed by atoms with van der Waals surface area (Å²) in [7, 11) is -3.62. The van der Waals surface area contributed by atoms with E-state index in [0.717, 1.165) is 0 Å². The number of nitrogens with two attached hydrogens (primary N) is 1. The zero-order valence-electron chi connectivity index (χ0n) is 10.6. The second-order valence-corrected chi connectivity index (χ2v) is 6.89. The number of rotatable bonds is 4. The van der Waals surface area contributed by atoms with Crippen LogP contribution in [0.5, 0.6) is 0 Å². The van der Waals surface area contributed by atoms with Crippen molar-refractivity contribution in [2.24, 2.45) is 5.73 Å². The Balaban J connectivity index is 2.29. The summed E-state index contributed by atoms with van der Waals surface area (Å²) in [5.74, 6) is -0.648. The van der Waals surface area contributed by atoms with Gasteiger partial charge in [0.1, 0.15) is 10.8 Å². The molecular weight excluding hydrogens is 303 g/mol. The van der Waals surface area contributed by atoms with E-state index in [1.54, 1.807) is 0 Å². The molecular formula is C12H15FN2O3S2. The van der Waals surface area contributed by atoms with Crippen molar-refractivity contribution in [3.63, 3.8) is 0 Å². The first kappa shape index (κ1) is 15.1. The van der Waals surface area contributed by atoms with Gasteiger partial charge in [-0.3, -0.25) is 4.72 Å². The molecule has 5 nitrogen and oxygen atoms in total. The van der Waals surface area contributed by atoms with Crippen LogP contribution in [0, 0.1) is 5.82 Å². The molecule has 1 aromatic rings. The minimum absolute atomic E-state index is 0.0731. The number of hydrogen-bond donors (Lipinski definition) is 2. The van der Waals surface area contributed by atoms with Gasteiger partial charge in [0.25, 0.3) is 0 Å². The molecule has 0 bridgehead atoms. The van der Waals surface area contributed by atoms with Gasteiger partial charge in [0.05, 0.1) is 16.5 Å². The predicted molar refractivity (Wildman–Crippen MR) is 78.7 cm³/mol. The van der Waals surface area contributed by atoms with Crippen LogP contribution >= 0.6 is 12.2 Å². The normalized spacial score (nSPS) is 16.9. The highest BCUT2D eigenvalue weighted by atomic mass is 32.2. The first-order valence-electron chi connectivity index (χ1n) is 6.09. The van der Waals surface area contributed by atoms with Gasteiger partial charge >= 0.3 is 0 Å². The van der Waals surface area contributed by atoms with Crippen LogP contribution in [0.3, 0.4) is 0 Å². The molecule has 0 aromatic heterocycles. The molecule has 20 heavy (non-hydrogen) atoms. The van der Waals surface area contributed by atoms with E-state index < -0.39 is 21.1 Å². The smallest absolute Gasteiger partial charge is 0.235 e. The third kappa shape index (κ3) is 3.25. The van der Waals surface area contributed by atoms with E-state index in [0.29, 0.717) is 26.1 Å². The van der Waals surface area contributed by atoms with Crippen molar-refractivity contribution in [2.75, 3.05) is 17.9 Å². The average Bonchev–Trinajstić information content (AvgIpc) is 2.39. The summed E-state index contributed by atoms with van der Waals surface area (Å²) in [4.78, 5) is -0.187. The van der Waals surface area contributed by atoms with Crippen LogP contribution in [0.1, 0.15) is 18.4 Å². The standard InChI is InChI=1S/C12H15FN2O3S2/c13-9-2-1-3-10(11(9)12(14)19)15-20(16,17)8-4-6-18-7-5-8/h1-3,8,15H,4-7H2,(H2,14,19). The zero-order chi connectivity index (χ0) is 14.8. The molecule has 0 atom stereocenters. The third-order valence-electron chi connectivity index (χ3n) is 3.12. The monoisotopic (exact) mass is 318 g/mol. The van der Waals surface area contributed by atoms with E-state index in [9.17, 15) is 12.8 Å². The molecule has 1 fully saturated rings. The highest BCUT2D eigenvalue weighted by molar-refractivity contribution is 7.93. The molecule has 0 saturated carbocycles. The Labute approximate surface area is 122 Å². The van der Waals surface area contributed by atoms with Crippen LogP contribution < -0.4 is 10.5 Å². The summed E-state index contributed by atoms with van der Waals surface area (Å²) in [6, 6.07) is 4.02. The van der Waals surface area contributed by atoms with Crippen molar-refractivity contribution in [3.8, 4) is 0 Å². The van der Waals surface area contributed by atoms with Gasteiger partial charge in [-0.25, -0.2) is 12.8 Å². The lowest BCUT2D eigenvalue weighted by Crippen LogP contribution is -2.34. The first-order valence-corrected chi connectivity index (χ1v) is 8.05. The molecule has 1 heterocycles. The van der Waals surface area contributed by atoms with Crippen molar-refractivity contribution in [1.82, 2.24) is 0 Å². The summed E-state index contributed by atoms with van der Waals surface area (Å²) in [6.07, 6.45) is 0.820. The van der Waals surface area contributed by atoms with E-state index in [1.807, 2.05) is 0 Å². The van der Waals surface area contributed by atoms with Gasteiger partial charge < -0.3 is 10.5 Å². The lowest BCUT2D eigenvalue weighted by molar-refractivity contribution is 0.0984. The number of thiocarbonyl (C=S) groups is 1. The zero-order valence-corrected chi connectivity index (χ0v) is 12.3. The van der Waals surface area contributed by atoms with Crippen LogP contribution in [-0.2, 0) is 14.8 Å². The Bertz CT molecular complexity index is 613. The predicted octanol–water partition coefficient (Wildman–Crippen LogP) is 1.38. The second kappa shape index (κ2) is 6.02. The summed E-state index contributed by atoms with van der Waals surface area (Å²) in [5.41, 5.74) is 5.44. The molecule has 3 N–H and O–H groups in total. The Morgan fingerprint density at radius 2 is 2.05 bits per heavy atom. The number of halogens is 1. The molecule has 0 unspecified atom stereocenters. The maximum absolute atomic E-state index is 13.7. The fraction of sp³-hybridized carbons (Fsp3) is 0.417. The highest BCUT2D eigenvalue weighted by Gasteiger charge is 2.28. The SMILES string of the molecule is NC(=S)c1c(F)cccc1NS(=O)(=O)C1CCOCC1. The maximum atomic E-state index is 13.7. The molecule has 1 saturated heterocycles. The molecule has 110 valence electrons. The van der Waals surface area contributed by atoms with Crippen molar-refractivity contribution in [1.29, 1.82) is 0 Å². The summed E-state index contributed by atoms with van der Waals surface area (Å²) in [6.45, 7) is 0.799. The fourth-order valence-electron chi connectivity index (χ4n) is 2.08. The highest BCUT2D eigenvalue weighted by Crippen LogP contribution is 2.23. The van der Waals surface area contributed by atoms with Crippen LogP contribution in [0.2, 0.25) is 0 Å². The van der Waals surface area contributed by atoms with Crippen molar-refractivity contribution in [3.05, 3.63) is 29.6 Å². The lowest BCUT2D eigenvalue weighted by atomic mass is 10.2. The van der Waals surface area contributed by atoms with Gasteiger partial charge in [-0.15, -0.1) is 0 Å². The lowest BCUT2D eigenvalue weighted by Gasteiger charge is -2.23. The quantitative estimate of drug-likeness (QED) is 0.820. The van der Waals surface area contributed by atoms with E-state index in [1.165, 1.54) is 18.2 Å². The Morgan fingerprint density at radius 3 is 2.65 bits per heavy atom. The van der Waals surface area contributed by atoms with Gasteiger partial charge in [-0.1, -0.05) is 18.3 Å². The number of benzene rings is 1. The van der Waals surface area contributed by atoms with E-state index >= 15 is 0 Å². The van der Waals surface area contributed by atoms with Gasteiger partial charge in [0.15, 0.2) is 0 Å². The summed E-state index contributed by atoms with van der Waals surface area (Å²) < 4.78 is 45.8. The molecule has 0 amide bonds. The number of ether oxygens (including phenoxy) is 1. The van der Waals surface area contributed by atoms with Gasteiger partial charge in [0.2, 0.25) is 10.0 Å². The molecule has 1 aliphatic rings. The van der Waals surface area contributed by atoms with Crippen molar-refractivity contribution >= 4 is 32.9 Å². The maximum Gasteiger partial charge on any atom is 0.235 e.